The van der Waals surface area contributed by atoms with E-state index in [4.69, 9.17) is 4.74 Å². The van der Waals surface area contributed by atoms with Crippen molar-refractivity contribution in [3.8, 4) is 22.8 Å². The lowest BCUT2D eigenvalue weighted by Gasteiger charge is -2.25. The summed E-state index contributed by atoms with van der Waals surface area (Å²) < 4.78 is 21.5. The summed E-state index contributed by atoms with van der Waals surface area (Å²) >= 11 is 0. The second kappa shape index (κ2) is 10.7. The third-order valence-corrected chi connectivity index (χ3v) is 7.26. The molecule has 9 heteroatoms. The molecule has 1 atom stereocenters. The molecule has 0 radical (unpaired) electrons. The number of carbonyl (C=O) groups is 1. The number of amides is 1. The number of nitrogens with one attached hydrogen (secondary N) is 2. The first-order valence-corrected chi connectivity index (χ1v) is 13.2. The van der Waals surface area contributed by atoms with Crippen LogP contribution in [0.2, 0.25) is 0 Å². The summed E-state index contributed by atoms with van der Waals surface area (Å²) in [6.07, 6.45) is 3.18. The van der Waals surface area contributed by atoms with Gasteiger partial charge in [0.2, 0.25) is 5.88 Å². The van der Waals surface area contributed by atoms with Gasteiger partial charge in [-0.05, 0) is 68.7 Å². The molecule has 41 heavy (non-hydrogen) atoms. The highest BCUT2D eigenvalue weighted by Gasteiger charge is 2.29. The molecule has 0 bridgehead atoms. The minimum atomic E-state index is -1.53. The normalized spacial score (nSPS) is 12.8. The molecule has 0 aliphatic carbocycles. The third kappa shape index (κ3) is 5.12. The lowest BCUT2D eigenvalue weighted by molar-refractivity contribution is 0.0951. The van der Waals surface area contributed by atoms with Crippen LogP contribution in [-0.2, 0) is 12.6 Å². The molecule has 2 aromatic carbocycles. The maximum Gasteiger partial charge on any atom is 0.274 e. The monoisotopic (exact) mass is 554 g/mol. The van der Waals surface area contributed by atoms with Gasteiger partial charge in [-0.3, -0.25) is 9.59 Å². The van der Waals surface area contributed by atoms with Crippen LogP contribution in [-0.4, -0.2) is 32.1 Å². The molecule has 0 saturated heterocycles. The molecule has 1 unspecified atom stereocenters. The molecule has 5 rings (SSSR count). The molecule has 210 valence electrons. The van der Waals surface area contributed by atoms with E-state index < -0.39 is 11.4 Å². The van der Waals surface area contributed by atoms with Crippen molar-refractivity contribution in [3.63, 3.8) is 0 Å². The highest BCUT2D eigenvalue weighted by molar-refractivity contribution is 6.03. The van der Waals surface area contributed by atoms with E-state index in [0.717, 1.165) is 11.1 Å². The van der Waals surface area contributed by atoms with Crippen LogP contribution in [0.1, 0.15) is 46.6 Å². The fourth-order valence-electron chi connectivity index (χ4n) is 4.92. The molecule has 0 aliphatic rings. The average Bonchev–Trinajstić information content (AvgIpc) is 3.39. The number of ether oxygens (including phenoxy) is 1. The van der Waals surface area contributed by atoms with Crippen LogP contribution in [0.15, 0.2) is 71.8 Å². The van der Waals surface area contributed by atoms with Crippen molar-refractivity contribution in [2.24, 2.45) is 7.05 Å². The Balaban J connectivity index is 1.77. The van der Waals surface area contributed by atoms with Crippen LogP contribution in [0.4, 0.5) is 4.39 Å². The van der Waals surface area contributed by atoms with Gasteiger partial charge in [0, 0.05) is 48.1 Å². The summed E-state index contributed by atoms with van der Waals surface area (Å²) in [7, 11) is 1.62. The Bertz CT molecular complexity index is 1820. The number of H-pyrrole nitrogens is 1. The molecular formula is C32H31FN4O4. The van der Waals surface area contributed by atoms with Crippen molar-refractivity contribution >= 4 is 16.8 Å². The van der Waals surface area contributed by atoms with E-state index in [2.05, 4.69) is 15.3 Å². The molecule has 3 heterocycles. The number of para-hydroxylation sites is 1. The van der Waals surface area contributed by atoms with E-state index in [1.165, 1.54) is 35.0 Å². The van der Waals surface area contributed by atoms with Gasteiger partial charge >= 0.3 is 0 Å². The summed E-state index contributed by atoms with van der Waals surface area (Å²) in [6, 6.07) is 14.8. The quantitative estimate of drug-likeness (QED) is 0.247. The summed E-state index contributed by atoms with van der Waals surface area (Å²) in [5.74, 6) is 0.137. The van der Waals surface area contributed by atoms with Crippen molar-refractivity contribution in [3.05, 3.63) is 111 Å². The summed E-state index contributed by atoms with van der Waals surface area (Å²) in [5.41, 5.74) is 2.43. The third-order valence-electron chi connectivity index (χ3n) is 7.26. The first-order chi connectivity index (χ1) is 19.5. The van der Waals surface area contributed by atoms with Gasteiger partial charge in [0.15, 0.2) is 0 Å². The average molecular weight is 555 g/mol. The van der Waals surface area contributed by atoms with Gasteiger partial charge < -0.3 is 24.7 Å². The van der Waals surface area contributed by atoms with Crippen LogP contribution in [0, 0.1) is 19.7 Å². The molecule has 0 spiro atoms. The number of halogens is 1. The van der Waals surface area contributed by atoms with E-state index in [1.54, 1.807) is 32.3 Å². The van der Waals surface area contributed by atoms with Crippen LogP contribution in [0.3, 0.4) is 0 Å². The SMILES string of the molecule is CCNC(=O)c1cc2c(-c3cc(C(C)(O)c4ccc(F)cc4)cnc3Oc3c(C)cccc3C)cn(C)c(=O)c2[nH]1. The molecule has 3 aromatic heterocycles. The van der Waals surface area contributed by atoms with Crippen LogP contribution >= 0.6 is 0 Å². The first kappa shape index (κ1) is 27.8. The molecule has 0 fully saturated rings. The number of aromatic amines is 1. The molecule has 3 N–H and O–H groups in total. The van der Waals surface area contributed by atoms with Crippen molar-refractivity contribution in [1.82, 2.24) is 19.9 Å². The summed E-state index contributed by atoms with van der Waals surface area (Å²) in [5, 5.41) is 14.9. The minimum absolute atomic E-state index is 0.242. The molecule has 0 saturated carbocycles. The van der Waals surface area contributed by atoms with Crippen LogP contribution in [0.5, 0.6) is 11.6 Å². The molecule has 8 nitrogen and oxygen atoms in total. The van der Waals surface area contributed by atoms with Gasteiger partial charge in [0.25, 0.3) is 11.5 Å². The van der Waals surface area contributed by atoms with Crippen LogP contribution < -0.4 is 15.6 Å². The number of hydrogen-bond acceptors (Lipinski definition) is 5. The molecule has 5 aromatic rings. The topological polar surface area (TPSA) is 109 Å². The largest absolute Gasteiger partial charge is 0.438 e. The van der Waals surface area contributed by atoms with E-state index in [-0.39, 0.29) is 28.6 Å². The molecule has 1 amide bonds. The predicted octanol–water partition coefficient (Wildman–Crippen LogP) is 5.48. The van der Waals surface area contributed by atoms with Gasteiger partial charge in [-0.25, -0.2) is 9.37 Å². The van der Waals surface area contributed by atoms with Crippen molar-refractivity contribution in [2.45, 2.75) is 33.3 Å². The number of carbonyl (C=O) groups excluding carboxylic acids is 1. The van der Waals surface area contributed by atoms with Gasteiger partial charge in [-0.15, -0.1) is 0 Å². The van der Waals surface area contributed by atoms with Gasteiger partial charge in [0.1, 0.15) is 28.4 Å². The highest BCUT2D eigenvalue weighted by Crippen LogP contribution is 2.40. The maximum atomic E-state index is 13.6. The number of rotatable bonds is 7. The van der Waals surface area contributed by atoms with E-state index in [0.29, 0.717) is 39.9 Å². The second-order valence-electron chi connectivity index (χ2n) is 10.3. The lowest BCUT2D eigenvalue weighted by atomic mass is 9.88. The number of pyridine rings is 2. The second-order valence-corrected chi connectivity index (χ2v) is 10.3. The zero-order chi connectivity index (χ0) is 29.5. The Morgan fingerprint density at radius 2 is 1.78 bits per heavy atom. The number of aromatic nitrogens is 3. The van der Waals surface area contributed by atoms with Crippen molar-refractivity contribution in [2.75, 3.05) is 6.54 Å². The smallest absolute Gasteiger partial charge is 0.274 e. The zero-order valence-electron chi connectivity index (χ0n) is 23.5. The fourth-order valence-corrected chi connectivity index (χ4v) is 4.92. The van der Waals surface area contributed by atoms with Gasteiger partial charge in [-0.1, -0.05) is 30.3 Å². The van der Waals surface area contributed by atoms with E-state index in [9.17, 15) is 19.1 Å². The Kier molecular flexibility index (Phi) is 7.23. The Morgan fingerprint density at radius 3 is 2.44 bits per heavy atom. The number of hydrogen-bond donors (Lipinski definition) is 3. The van der Waals surface area contributed by atoms with Crippen LogP contribution in [0.25, 0.3) is 22.0 Å². The number of fused-ring (bicyclic) bond motifs is 1. The van der Waals surface area contributed by atoms with Gasteiger partial charge in [-0.2, -0.15) is 0 Å². The maximum absolute atomic E-state index is 13.6. The molecular weight excluding hydrogens is 523 g/mol. The lowest BCUT2D eigenvalue weighted by Crippen LogP contribution is -2.23. The Labute approximate surface area is 236 Å². The number of aryl methyl sites for hydroxylation is 3. The molecule has 0 aliphatic heterocycles. The summed E-state index contributed by atoms with van der Waals surface area (Å²) in [6.45, 7) is 7.71. The number of benzene rings is 2. The predicted molar refractivity (Wildman–Crippen MR) is 156 cm³/mol. The minimum Gasteiger partial charge on any atom is -0.438 e. The van der Waals surface area contributed by atoms with E-state index >= 15 is 0 Å². The van der Waals surface area contributed by atoms with Crippen molar-refractivity contribution < 1.29 is 19.0 Å². The van der Waals surface area contributed by atoms with E-state index in [1.807, 2.05) is 39.0 Å². The first-order valence-electron chi connectivity index (χ1n) is 13.2. The van der Waals surface area contributed by atoms with Crippen molar-refractivity contribution in [1.29, 1.82) is 0 Å². The Morgan fingerprint density at radius 1 is 1.10 bits per heavy atom. The van der Waals surface area contributed by atoms with Gasteiger partial charge in [0.05, 0.1) is 0 Å². The summed E-state index contributed by atoms with van der Waals surface area (Å²) in [4.78, 5) is 33.4. The standard InChI is InChI=1S/C32H31FN4O4/c1-6-34-29(38)26-15-23-25(17-37(5)31(39)27(23)36-26)24-14-21(32(4,40)20-10-12-22(33)13-11-20)16-35-30(24)41-28-18(2)8-7-9-19(28)3/h7-17,36,40H,6H2,1-5H3,(H,34,38). The fraction of sp³-hybridized carbons (Fsp3) is 0.219. The number of aliphatic hydroxyl groups is 1. The zero-order valence-corrected chi connectivity index (χ0v) is 23.5. The highest BCUT2D eigenvalue weighted by atomic mass is 19.1. The Hall–Kier alpha value is -4.76. The number of nitrogens with zero attached hydrogens (tertiary/aromatic N) is 2.